The van der Waals surface area contributed by atoms with Crippen molar-refractivity contribution >= 4 is 10.2 Å². The third-order valence-corrected chi connectivity index (χ3v) is 1.82. The minimum Gasteiger partial charge on any atom is -0.234 e. The predicted molar refractivity (Wildman–Crippen MR) is 48.7 cm³/mol. The van der Waals surface area contributed by atoms with Crippen molar-refractivity contribution < 1.29 is 13.5 Å². The highest BCUT2D eigenvalue weighted by Crippen LogP contribution is 2.29. The molecule has 0 amide bonds. The largest absolute Gasteiger partial charge is 0.346 e. The Kier molecular flexibility index (Phi) is 2.68. The molecule has 7 nitrogen and oxygen atoms in total. The van der Waals surface area contributed by atoms with Crippen LogP contribution in [0.5, 0.6) is 0 Å². The fraction of sp³-hybridized carbons (Fsp3) is 0. The number of hydrazine groups is 1. The van der Waals surface area contributed by atoms with Crippen LogP contribution in [0.3, 0.4) is 0 Å². The van der Waals surface area contributed by atoms with Crippen LogP contribution in [0.2, 0.25) is 0 Å². The first-order valence-corrected chi connectivity index (χ1v) is 4.98. The van der Waals surface area contributed by atoms with Gasteiger partial charge < -0.3 is 0 Å². The molecule has 0 spiro atoms. The van der Waals surface area contributed by atoms with Crippen LogP contribution in [0, 0.1) is 10.1 Å². The van der Waals surface area contributed by atoms with Crippen molar-refractivity contribution in [2.45, 2.75) is 0 Å². The summed E-state index contributed by atoms with van der Waals surface area (Å²) >= 11 is 0. The number of rotatable bonds is 2. The molecule has 14 heavy (non-hydrogen) atoms. The van der Waals surface area contributed by atoms with Crippen LogP contribution in [0.15, 0.2) is 24.3 Å². The number of hydrogen-bond donors (Lipinski definition) is 2. The molecule has 0 fully saturated rings. The third kappa shape index (κ3) is 2.99. The summed E-state index contributed by atoms with van der Waals surface area (Å²) in [5.41, 5.74) is 2.85. The van der Waals surface area contributed by atoms with Crippen molar-refractivity contribution in [2.24, 2.45) is 5.14 Å². The number of nitrogens with one attached hydrogen (secondary N) is 1. The Labute approximate surface area is 79.8 Å². The Morgan fingerprint density at radius 2 is 1.57 bits per heavy atom. The molecule has 0 bridgehead atoms. The quantitative estimate of drug-likeness (QED) is 0.527. The molecule has 0 aromatic rings. The van der Waals surface area contributed by atoms with Crippen molar-refractivity contribution in [3.63, 3.8) is 0 Å². The summed E-state index contributed by atoms with van der Waals surface area (Å²) < 4.78 is 19.3. The first-order valence-electron chi connectivity index (χ1n) is 3.43. The van der Waals surface area contributed by atoms with Gasteiger partial charge in [0, 0.05) is 0 Å². The fourth-order valence-corrected chi connectivity index (χ4v) is 0.974. The smallest absolute Gasteiger partial charge is 0.234 e. The number of fused-ring (bicyclic) bond motifs is 1. The lowest BCUT2D eigenvalue weighted by Gasteiger charge is -2.10. The van der Waals surface area contributed by atoms with E-state index in [0.29, 0.717) is 0 Å². The lowest BCUT2D eigenvalue weighted by molar-refractivity contribution is -0.518. The van der Waals surface area contributed by atoms with Crippen molar-refractivity contribution in [2.75, 3.05) is 0 Å². The van der Waals surface area contributed by atoms with Gasteiger partial charge in [-0.25, -0.2) is 15.3 Å². The molecule has 0 aromatic heterocycles. The van der Waals surface area contributed by atoms with Gasteiger partial charge in [0.1, 0.15) is 0 Å². The summed E-state index contributed by atoms with van der Waals surface area (Å²) in [4.78, 5) is 10.1. The van der Waals surface area contributed by atoms with E-state index in [1.165, 1.54) is 11.1 Å². The molecule has 0 atom stereocenters. The van der Waals surface area contributed by atoms with Gasteiger partial charge in [-0.3, -0.25) is 0 Å². The van der Waals surface area contributed by atoms with Gasteiger partial charge in [0.2, 0.25) is 0 Å². The van der Waals surface area contributed by atoms with E-state index in [-0.39, 0.29) is 0 Å². The summed E-state index contributed by atoms with van der Waals surface area (Å²) in [7, 11) is -4.17. The zero-order valence-corrected chi connectivity index (χ0v) is 7.69. The molecule has 2 rings (SSSR count). The van der Waals surface area contributed by atoms with Crippen molar-refractivity contribution in [1.82, 2.24) is 4.83 Å². The average molecular weight is 217 g/mol. The lowest BCUT2D eigenvalue weighted by Crippen LogP contribution is -2.35. The van der Waals surface area contributed by atoms with Crippen LogP contribution >= 0.6 is 0 Å². The average Bonchev–Trinajstić information content (AvgIpc) is 1.92. The fourth-order valence-electron chi connectivity index (χ4n) is 0.767. The van der Waals surface area contributed by atoms with E-state index in [1.807, 2.05) is 0 Å². The maximum Gasteiger partial charge on any atom is 0.346 e. The molecule has 0 radical (unpaired) electrons. The van der Waals surface area contributed by atoms with Crippen LogP contribution in [-0.2, 0) is 10.2 Å². The van der Waals surface area contributed by atoms with Gasteiger partial charge in [-0.05, 0) is 16.0 Å². The molecule has 0 unspecified atom stereocenters. The maximum atomic E-state index is 9.67. The molecule has 0 aromatic carbocycles. The Morgan fingerprint density at radius 1 is 1.21 bits per heavy atom. The Balaban J connectivity index is 0.000000143. The minimum absolute atomic E-state index is 0.854. The van der Waals surface area contributed by atoms with E-state index in [1.54, 1.807) is 0 Å². The van der Waals surface area contributed by atoms with Gasteiger partial charge >= 0.3 is 10.2 Å². The summed E-state index contributed by atoms with van der Waals surface area (Å²) in [5, 5.41) is 12.2. The summed E-state index contributed by atoms with van der Waals surface area (Å²) in [5.74, 6) is 0. The van der Waals surface area contributed by atoms with Gasteiger partial charge in [-0.2, -0.15) is 8.42 Å². The number of nitrogens with two attached hydrogens (primary N) is 1. The van der Waals surface area contributed by atoms with Crippen LogP contribution in [0.4, 0.5) is 0 Å². The molecule has 0 aliphatic heterocycles. The highest BCUT2D eigenvalue weighted by Gasteiger charge is 2.05. The van der Waals surface area contributed by atoms with Gasteiger partial charge in [0.25, 0.3) is 0 Å². The van der Waals surface area contributed by atoms with Crippen LogP contribution in [0.25, 0.3) is 11.1 Å². The first-order chi connectivity index (χ1) is 6.38. The number of nitro groups is 1. The van der Waals surface area contributed by atoms with Gasteiger partial charge in [-0.1, -0.05) is 24.3 Å². The molecule has 2 aliphatic rings. The first kappa shape index (κ1) is 10.4. The summed E-state index contributed by atoms with van der Waals surface area (Å²) in [6.45, 7) is 0. The molecular weight excluding hydrogens is 210 g/mol. The molecular formula is C6H7N3O4S. The van der Waals surface area contributed by atoms with Crippen molar-refractivity contribution in [1.29, 1.82) is 0 Å². The van der Waals surface area contributed by atoms with E-state index >= 15 is 0 Å². The standard InChI is InChI=1S/C6H4.H3N3O4S/c1-2-6-4-3-5(1)6;1-8(6,7)2-3(4)5/h1-4H;2H,(H2,1,6,7). The SMILES string of the molecule is NS(=O)(=O)N[N+](=O)[O-].c1cc2ccc1-2. The Bertz CT molecular complexity index is 418. The van der Waals surface area contributed by atoms with E-state index in [2.05, 4.69) is 29.4 Å². The third-order valence-electron chi connectivity index (χ3n) is 1.42. The molecule has 76 valence electrons. The second-order valence-electron chi connectivity index (χ2n) is 2.47. The van der Waals surface area contributed by atoms with Gasteiger partial charge in [0.05, 0.1) is 0 Å². The number of hydrogen-bond acceptors (Lipinski definition) is 4. The molecule has 2 aliphatic carbocycles. The molecule has 3 N–H and O–H groups in total. The van der Waals surface area contributed by atoms with E-state index in [0.717, 1.165) is 4.83 Å². The number of benzene rings is 1. The molecule has 0 saturated carbocycles. The van der Waals surface area contributed by atoms with Crippen molar-refractivity contribution in [3.05, 3.63) is 34.4 Å². The second-order valence-corrected chi connectivity index (χ2v) is 3.74. The van der Waals surface area contributed by atoms with E-state index in [9.17, 15) is 18.5 Å². The summed E-state index contributed by atoms with van der Waals surface area (Å²) in [6.07, 6.45) is 0. The van der Waals surface area contributed by atoms with Crippen LogP contribution < -0.4 is 9.97 Å². The van der Waals surface area contributed by atoms with Gasteiger partial charge in [-0.15, -0.1) is 0 Å². The lowest BCUT2D eigenvalue weighted by atomic mass is 9.95. The highest BCUT2D eigenvalue weighted by atomic mass is 32.2. The zero-order chi connectivity index (χ0) is 10.8. The predicted octanol–water partition coefficient (Wildman–Crippen LogP) is -0.362. The second kappa shape index (κ2) is 3.60. The maximum absolute atomic E-state index is 9.67. The summed E-state index contributed by atoms with van der Waals surface area (Å²) in [6, 6.07) is 8.48. The Morgan fingerprint density at radius 3 is 1.57 bits per heavy atom. The normalized spacial score (nSPS) is 10.9. The number of nitrogens with zero attached hydrogens (tertiary/aromatic N) is 1. The highest BCUT2D eigenvalue weighted by molar-refractivity contribution is 7.86. The zero-order valence-electron chi connectivity index (χ0n) is 6.88. The van der Waals surface area contributed by atoms with Crippen LogP contribution in [-0.4, -0.2) is 13.5 Å². The molecule has 8 heteroatoms. The molecule has 0 saturated heterocycles. The van der Waals surface area contributed by atoms with E-state index < -0.39 is 15.2 Å². The van der Waals surface area contributed by atoms with E-state index in [4.69, 9.17) is 0 Å². The van der Waals surface area contributed by atoms with Crippen molar-refractivity contribution in [3.8, 4) is 11.1 Å². The molecule has 0 heterocycles. The monoisotopic (exact) mass is 217 g/mol. The topological polar surface area (TPSA) is 115 Å². The Hall–Kier alpha value is -1.67. The van der Waals surface area contributed by atoms with Crippen LogP contribution in [0.1, 0.15) is 0 Å². The minimum atomic E-state index is -4.17. The van der Waals surface area contributed by atoms with Gasteiger partial charge in [0.15, 0.2) is 5.03 Å².